The van der Waals surface area contributed by atoms with Gasteiger partial charge >= 0.3 is 5.91 Å². The fraction of sp³-hybridized carbons (Fsp3) is 0.240. The Morgan fingerprint density at radius 2 is 1.86 bits per heavy atom. The van der Waals surface area contributed by atoms with Crippen molar-refractivity contribution in [3.8, 4) is 5.75 Å². The zero-order chi connectivity index (χ0) is 24.9. The summed E-state index contributed by atoms with van der Waals surface area (Å²) in [5, 5.41) is 20.5. The lowest BCUT2D eigenvalue weighted by Gasteiger charge is -2.22. The molecule has 1 N–H and O–H groups in total. The van der Waals surface area contributed by atoms with Crippen LogP contribution in [0.2, 0.25) is 0 Å². The predicted octanol–water partition coefficient (Wildman–Crippen LogP) is 4.14. The minimum absolute atomic E-state index is 0.0452. The number of ether oxygens (including phenoxy) is 1. The van der Waals surface area contributed by atoms with E-state index in [0.29, 0.717) is 34.3 Å². The minimum atomic E-state index is -0.900. The highest BCUT2D eigenvalue weighted by Gasteiger charge is 2.48. The number of aryl methyl sites for hydroxylation is 3. The van der Waals surface area contributed by atoms with Crippen molar-refractivity contribution in [2.45, 2.75) is 33.7 Å². The van der Waals surface area contributed by atoms with Gasteiger partial charge < -0.3 is 14.2 Å². The van der Waals surface area contributed by atoms with Gasteiger partial charge in [-0.1, -0.05) is 29.5 Å². The zero-order valence-corrected chi connectivity index (χ0v) is 20.5. The van der Waals surface area contributed by atoms with E-state index in [9.17, 15) is 14.7 Å². The van der Waals surface area contributed by atoms with Crippen molar-refractivity contribution in [3.05, 3.63) is 75.7 Å². The van der Waals surface area contributed by atoms with Crippen LogP contribution < -0.4 is 9.64 Å². The van der Waals surface area contributed by atoms with E-state index in [1.54, 1.807) is 31.2 Å². The normalized spacial score (nSPS) is 17.5. The second-order valence-electron chi connectivity index (χ2n) is 8.21. The Labute approximate surface area is 205 Å². The first-order valence-electron chi connectivity index (χ1n) is 11.1. The summed E-state index contributed by atoms with van der Waals surface area (Å²) >= 11 is 1.20. The number of aliphatic hydroxyl groups excluding tert-OH is 1. The number of anilines is 1. The summed E-state index contributed by atoms with van der Waals surface area (Å²) in [6, 6.07) is 9.99. The first-order chi connectivity index (χ1) is 16.8. The number of rotatable bonds is 5. The number of ketones is 1. The number of nitrogens with zero attached hydrogens (tertiary/aromatic N) is 5. The topological polar surface area (TPSA) is 110 Å². The Morgan fingerprint density at radius 3 is 2.49 bits per heavy atom. The molecular weight excluding hydrogens is 466 g/mol. The van der Waals surface area contributed by atoms with Crippen molar-refractivity contribution in [1.29, 1.82) is 0 Å². The Bertz CT molecular complexity index is 1500. The smallest absolute Gasteiger partial charge is 0.301 e. The summed E-state index contributed by atoms with van der Waals surface area (Å²) in [5.74, 6) is -1.25. The van der Waals surface area contributed by atoms with Crippen molar-refractivity contribution in [1.82, 2.24) is 19.6 Å². The predicted molar refractivity (Wildman–Crippen MR) is 132 cm³/mol. The second-order valence-corrected chi connectivity index (χ2v) is 9.37. The second kappa shape index (κ2) is 8.62. The number of benzene rings is 1. The van der Waals surface area contributed by atoms with E-state index in [2.05, 4.69) is 15.2 Å². The number of imidazole rings is 1. The number of pyridine rings is 1. The summed E-state index contributed by atoms with van der Waals surface area (Å²) < 4.78 is 7.39. The maximum absolute atomic E-state index is 13.3. The molecule has 1 aliphatic heterocycles. The highest BCUT2D eigenvalue weighted by molar-refractivity contribution is 7.15. The van der Waals surface area contributed by atoms with E-state index in [4.69, 9.17) is 4.74 Å². The third-order valence-electron chi connectivity index (χ3n) is 5.98. The van der Waals surface area contributed by atoms with Crippen LogP contribution in [0.4, 0.5) is 5.13 Å². The molecule has 35 heavy (non-hydrogen) atoms. The van der Waals surface area contributed by atoms with E-state index in [1.165, 1.54) is 16.2 Å². The van der Waals surface area contributed by atoms with Gasteiger partial charge in [-0.3, -0.25) is 14.5 Å². The number of Topliss-reactive ketones (excluding diaryl/α,β-unsaturated/α-hetero) is 1. The van der Waals surface area contributed by atoms with Crippen LogP contribution in [0.1, 0.15) is 40.5 Å². The molecule has 0 bridgehead atoms. The molecule has 4 aromatic rings. The molecule has 0 saturated carbocycles. The molecule has 9 nitrogen and oxygen atoms in total. The Balaban J connectivity index is 1.73. The molecule has 4 heterocycles. The molecule has 0 aliphatic carbocycles. The maximum Gasteiger partial charge on any atom is 0.301 e. The summed E-state index contributed by atoms with van der Waals surface area (Å²) in [6.45, 7) is 7.90. The van der Waals surface area contributed by atoms with Crippen molar-refractivity contribution in [2.75, 3.05) is 11.5 Å². The van der Waals surface area contributed by atoms with Crippen LogP contribution in [0.25, 0.3) is 11.4 Å². The van der Waals surface area contributed by atoms with Gasteiger partial charge in [0.1, 0.15) is 22.1 Å². The quantitative estimate of drug-likeness (QED) is 0.255. The average Bonchev–Trinajstić information content (AvgIpc) is 3.50. The van der Waals surface area contributed by atoms with Gasteiger partial charge in [0.05, 0.1) is 23.9 Å². The summed E-state index contributed by atoms with van der Waals surface area (Å²) in [6.07, 6.45) is 1.84. The van der Waals surface area contributed by atoms with Crippen LogP contribution in [0.5, 0.6) is 5.75 Å². The largest absolute Gasteiger partial charge is 0.505 e. The number of aliphatic hydroxyl groups is 1. The van der Waals surface area contributed by atoms with Crippen LogP contribution in [-0.4, -0.2) is 43.0 Å². The molecule has 10 heteroatoms. The lowest BCUT2D eigenvalue weighted by Crippen LogP contribution is -2.29. The molecule has 5 rings (SSSR count). The zero-order valence-electron chi connectivity index (χ0n) is 19.6. The maximum atomic E-state index is 13.3. The van der Waals surface area contributed by atoms with Crippen molar-refractivity contribution in [3.63, 3.8) is 0 Å². The van der Waals surface area contributed by atoms with E-state index in [1.807, 2.05) is 43.5 Å². The van der Waals surface area contributed by atoms with Gasteiger partial charge in [-0.15, -0.1) is 10.2 Å². The fourth-order valence-electron chi connectivity index (χ4n) is 4.32. The van der Waals surface area contributed by atoms with Gasteiger partial charge in [0.15, 0.2) is 5.76 Å². The van der Waals surface area contributed by atoms with Crippen LogP contribution in [0.3, 0.4) is 0 Å². The SMILES string of the molecule is CCOc1ccc(C2/C(=C(\O)c3nc4c(C)cccn4c3C)C(=O)C(=O)N2c2nnc(C)s2)cc1. The first-order valence-corrected chi connectivity index (χ1v) is 11.9. The van der Waals surface area contributed by atoms with Crippen LogP contribution >= 0.6 is 11.3 Å². The van der Waals surface area contributed by atoms with Crippen molar-refractivity contribution in [2.24, 2.45) is 0 Å². The highest BCUT2D eigenvalue weighted by Crippen LogP contribution is 2.43. The lowest BCUT2D eigenvalue weighted by atomic mass is 9.96. The number of carbonyl (C=O) groups is 2. The Morgan fingerprint density at radius 1 is 1.11 bits per heavy atom. The number of carbonyl (C=O) groups excluding carboxylic acids is 2. The van der Waals surface area contributed by atoms with E-state index in [0.717, 1.165) is 5.56 Å². The number of hydrogen-bond acceptors (Lipinski definition) is 8. The molecule has 1 fully saturated rings. The summed E-state index contributed by atoms with van der Waals surface area (Å²) in [5.41, 5.74) is 3.07. The molecule has 3 aromatic heterocycles. The van der Waals surface area contributed by atoms with Gasteiger partial charge in [-0.05, 0) is 57.0 Å². The van der Waals surface area contributed by atoms with Crippen molar-refractivity contribution >= 4 is 39.6 Å². The molecule has 0 spiro atoms. The van der Waals surface area contributed by atoms with E-state index in [-0.39, 0.29) is 22.2 Å². The van der Waals surface area contributed by atoms with Gasteiger partial charge in [-0.2, -0.15) is 0 Å². The molecule has 178 valence electrons. The molecule has 1 unspecified atom stereocenters. The summed E-state index contributed by atoms with van der Waals surface area (Å²) in [7, 11) is 0. The first kappa shape index (κ1) is 22.7. The van der Waals surface area contributed by atoms with Gasteiger partial charge in [-0.25, -0.2) is 4.98 Å². The molecule has 1 amide bonds. The van der Waals surface area contributed by atoms with Crippen LogP contribution in [-0.2, 0) is 9.59 Å². The van der Waals surface area contributed by atoms with Crippen molar-refractivity contribution < 1.29 is 19.4 Å². The molecule has 1 saturated heterocycles. The van der Waals surface area contributed by atoms with Gasteiger partial charge in [0, 0.05) is 6.20 Å². The van der Waals surface area contributed by atoms with Crippen LogP contribution in [0, 0.1) is 20.8 Å². The Hall–Kier alpha value is -4.05. The molecule has 0 radical (unpaired) electrons. The Kier molecular flexibility index (Phi) is 5.60. The number of hydrogen-bond donors (Lipinski definition) is 1. The third kappa shape index (κ3) is 3.66. The van der Waals surface area contributed by atoms with Gasteiger partial charge in [0.25, 0.3) is 5.78 Å². The van der Waals surface area contributed by atoms with E-state index >= 15 is 0 Å². The van der Waals surface area contributed by atoms with Crippen LogP contribution in [0.15, 0.2) is 48.2 Å². The number of amides is 1. The molecule has 1 aliphatic rings. The third-order valence-corrected chi connectivity index (χ3v) is 6.82. The number of aromatic nitrogens is 4. The number of fused-ring (bicyclic) bond motifs is 1. The lowest BCUT2D eigenvalue weighted by molar-refractivity contribution is -0.132. The molecular formula is C25H23N5O4S. The molecule has 1 aromatic carbocycles. The average molecular weight is 490 g/mol. The highest BCUT2D eigenvalue weighted by atomic mass is 32.1. The van der Waals surface area contributed by atoms with Gasteiger partial charge in [0.2, 0.25) is 5.13 Å². The monoisotopic (exact) mass is 489 g/mol. The fourth-order valence-corrected chi connectivity index (χ4v) is 5.03. The van der Waals surface area contributed by atoms with E-state index < -0.39 is 17.7 Å². The summed E-state index contributed by atoms with van der Waals surface area (Å²) in [4.78, 5) is 32.5. The molecule has 1 atom stereocenters. The standard InChI is InChI=1S/C25H23N5O4S/c1-5-34-17-10-8-16(9-11-17)20-18(22(32)24(33)30(20)25-28-27-15(4)35-25)21(31)19-14(3)29-12-6-7-13(2)23(29)26-19/h6-12,20,31H,5H2,1-4H3/b21-18+. The minimum Gasteiger partial charge on any atom is -0.505 e.